The Bertz CT molecular complexity index is 365. The third-order valence-electron chi connectivity index (χ3n) is 3.66. The fourth-order valence-corrected chi connectivity index (χ4v) is 2.68. The van der Waals surface area contributed by atoms with Crippen LogP contribution in [0.4, 0.5) is 0 Å². The summed E-state index contributed by atoms with van der Waals surface area (Å²) < 4.78 is 5.44. The van der Waals surface area contributed by atoms with Crippen molar-refractivity contribution in [3.63, 3.8) is 0 Å². The highest BCUT2D eigenvalue weighted by atomic mass is 16.5. The van der Waals surface area contributed by atoms with E-state index in [-0.39, 0.29) is 0 Å². The highest BCUT2D eigenvalue weighted by Gasteiger charge is 2.22. The van der Waals surface area contributed by atoms with Gasteiger partial charge in [-0.2, -0.15) is 0 Å². The maximum Gasteiger partial charge on any atom is 0.123 e. The van der Waals surface area contributed by atoms with E-state index in [1.54, 1.807) is 7.11 Å². The Balaban J connectivity index is 2.05. The van der Waals surface area contributed by atoms with Crippen molar-refractivity contribution < 1.29 is 4.74 Å². The first-order valence-electron chi connectivity index (χ1n) is 6.91. The van der Waals surface area contributed by atoms with Gasteiger partial charge in [0.2, 0.25) is 0 Å². The minimum Gasteiger partial charge on any atom is -0.496 e. The van der Waals surface area contributed by atoms with Gasteiger partial charge in [-0.25, -0.2) is 0 Å². The van der Waals surface area contributed by atoms with Gasteiger partial charge in [-0.15, -0.1) is 0 Å². The standard InChI is InChI=1S/C15H24N2O/c1-3-6-14-11-16-9-10-17(14)12-13-7-4-5-8-15(13)18-2/h4-5,7-8,14,16H,3,6,9-12H2,1-2H3. The Kier molecular flexibility index (Phi) is 5.02. The van der Waals surface area contributed by atoms with Gasteiger partial charge in [-0.3, -0.25) is 4.90 Å². The zero-order chi connectivity index (χ0) is 12.8. The third-order valence-corrected chi connectivity index (χ3v) is 3.66. The second-order valence-corrected chi connectivity index (χ2v) is 4.93. The maximum absolute atomic E-state index is 5.44. The monoisotopic (exact) mass is 248 g/mol. The zero-order valence-electron chi connectivity index (χ0n) is 11.5. The molecule has 1 fully saturated rings. The smallest absolute Gasteiger partial charge is 0.123 e. The van der Waals surface area contributed by atoms with E-state index in [0.29, 0.717) is 6.04 Å². The first-order chi connectivity index (χ1) is 8.85. The molecule has 100 valence electrons. The Morgan fingerprint density at radius 2 is 2.22 bits per heavy atom. The number of methoxy groups -OCH3 is 1. The molecule has 0 aliphatic carbocycles. The number of hydrogen-bond acceptors (Lipinski definition) is 3. The van der Waals surface area contributed by atoms with Gasteiger partial charge < -0.3 is 10.1 Å². The summed E-state index contributed by atoms with van der Waals surface area (Å²) in [6.45, 7) is 6.59. The lowest BCUT2D eigenvalue weighted by atomic mass is 10.1. The van der Waals surface area contributed by atoms with Crippen molar-refractivity contribution in [2.75, 3.05) is 26.7 Å². The molecule has 3 heteroatoms. The third kappa shape index (κ3) is 3.24. The van der Waals surface area contributed by atoms with E-state index < -0.39 is 0 Å². The second kappa shape index (κ2) is 6.76. The highest BCUT2D eigenvalue weighted by molar-refractivity contribution is 5.33. The van der Waals surface area contributed by atoms with Gasteiger partial charge in [0.1, 0.15) is 5.75 Å². The summed E-state index contributed by atoms with van der Waals surface area (Å²) in [5, 5.41) is 3.49. The number of nitrogens with one attached hydrogen (secondary N) is 1. The summed E-state index contributed by atoms with van der Waals surface area (Å²) >= 11 is 0. The molecule has 1 aliphatic heterocycles. The Morgan fingerprint density at radius 1 is 1.39 bits per heavy atom. The van der Waals surface area contributed by atoms with Crippen molar-refractivity contribution >= 4 is 0 Å². The molecule has 0 amide bonds. The predicted molar refractivity (Wildman–Crippen MR) is 75.0 cm³/mol. The molecule has 1 aromatic rings. The number of benzene rings is 1. The van der Waals surface area contributed by atoms with Crippen LogP contribution in [0, 0.1) is 0 Å². The molecule has 0 aromatic heterocycles. The molecule has 1 heterocycles. The van der Waals surface area contributed by atoms with Gasteiger partial charge in [-0.1, -0.05) is 31.5 Å². The van der Waals surface area contributed by atoms with E-state index in [0.717, 1.165) is 31.9 Å². The van der Waals surface area contributed by atoms with Crippen LogP contribution < -0.4 is 10.1 Å². The lowest BCUT2D eigenvalue weighted by Crippen LogP contribution is -2.50. The van der Waals surface area contributed by atoms with E-state index in [1.165, 1.54) is 18.4 Å². The lowest BCUT2D eigenvalue weighted by molar-refractivity contribution is 0.143. The summed E-state index contributed by atoms with van der Waals surface area (Å²) in [6.07, 6.45) is 2.51. The van der Waals surface area contributed by atoms with E-state index in [1.807, 2.05) is 12.1 Å². The van der Waals surface area contributed by atoms with Crippen molar-refractivity contribution in [3.8, 4) is 5.75 Å². The van der Waals surface area contributed by atoms with Crippen molar-refractivity contribution in [2.45, 2.75) is 32.4 Å². The maximum atomic E-state index is 5.44. The topological polar surface area (TPSA) is 24.5 Å². The van der Waals surface area contributed by atoms with Gasteiger partial charge >= 0.3 is 0 Å². The molecule has 2 rings (SSSR count). The lowest BCUT2D eigenvalue weighted by Gasteiger charge is -2.36. The Hall–Kier alpha value is -1.06. The molecule has 1 aromatic carbocycles. The van der Waals surface area contributed by atoms with Gasteiger partial charge in [-0.05, 0) is 12.5 Å². The number of para-hydroxylation sites is 1. The van der Waals surface area contributed by atoms with E-state index in [4.69, 9.17) is 4.74 Å². The van der Waals surface area contributed by atoms with Gasteiger partial charge in [0, 0.05) is 37.8 Å². The van der Waals surface area contributed by atoms with Crippen LogP contribution in [0.1, 0.15) is 25.3 Å². The normalized spacial score (nSPS) is 20.9. The summed E-state index contributed by atoms with van der Waals surface area (Å²) in [5.41, 5.74) is 1.29. The SMILES string of the molecule is CCCC1CNCCN1Cc1ccccc1OC. The van der Waals surface area contributed by atoms with Crippen LogP contribution in [-0.2, 0) is 6.54 Å². The second-order valence-electron chi connectivity index (χ2n) is 4.93. The molecule has 1 unspecified atom stereocenters. The van der Waals surface area contributed by atoms with Crippen LogP contribution in [-0.4, -0.2) is 37.7 Å². The van der Waals surface area contributed by atoms with E-state index in [2.05, 4.69) is 29.3 Å². The Labute approximate surface area is 110 Å². The van der Waals surface area contributed by atoms with Crippen LogP contribution in [0.2, 0.25) is 0 Å². The molecule has 18 heavy (non-hydrogen) atoms. The predicted octanol–water partition coefficient (Wildman–Crippen LogP) is 2.27. The number of nitrogens with zero attached hydrogens (tertiary/aromatic N) is 1. The highest BCUT2D eigenvalue weighted by Crippen LogP contribution is 2.21. The largest absolute Gasteiger partial charge is 0.496 e. The van der Waals surface area contributed by atoms with Crippen LogP contribution in [0.3, 0.4) is 0 Å². The minimum absolute atomic E-state index is 0.661. The van der Waals surface area contributed by atoms with E-state index >= 15 is 0 Å². The van der Waals surface area contributed by atoms with Crippen LogP contribution in [0.25, 0.3) is 0 Å². The van der Waals surface area contributed by atoms with Crippen molar-refractivity contribution in [2.24, 2.45) is 0 Å². The molecule has 0 saturated carbocycles. The first-order valence-corrected chi connectivity index (χ1v) is 6.91. The molecule has 0 radical (unpaired) electrons. The average molecular weight is 248 g/mol. The van der Waals surface area contributed by atoms with Crippen LogP contribution in [0.15, 0.2) is 24.3 Å². The Morgan fingerprint density at radius 3 is 3.00 bits per heavy atom. The van der Waals surface area contributed by atoms with Crippen LogP contribution in [0.5, 0.6) is 5.75 Å². The van der Waals surface area contributed by atoms with Crippen molar-refractivity contribution in [3.05, 3.63) is 29.8 Å². The first kappa shape index (κ1) is 13.4. The van der Waals surface area contributed by atoms with Gasteiger partial charge in [0.05, 0.1) is 7.11 Å². The minimum atomic E-state index is 0.661. The molecule has 1 N–H and O–H groups in total. The molecule has 1 saturated heterocycles. The number of hydrogen-bond donors (Lipinski definition) is 1. The average Bonchev–Trinajstić information content (AvgIpc) is 2.42. The molecular weight excluding hydrogens is 224 g/mol. The summed E-state index contributed by atoms with van der Waals surface area (Å²) in [7, 11) is 1.75. The summed E-state index contributed by atoms with van der Waals surface area (Å²) in [4.78, 5) is 2.58. The molecule has 0 spiro atoms. The fourth-order valence-electron chi connectivity index (χ4n) is 2.68. The fraction of sp³-hybridized carbons (Fsp3) is 0.600. The van der Waals surface area contributed by atoms with Crippen LogP contribution >= 0.6 is 0 Å². The van der Waals surface area contributed by atoms with E-state index in [9.17, 15) is 0 Å². The summed E-state index contributed by atoms with van der Waals surface area (Å²) in [6, 6.07) is 9.00. The van der Waals surface area contributed by atoms with Crippen molar-refractivity contribution in [1.82, 2.24) is 10.2 Å². The number of piperazine rings is 1. The number of rotatable bonds is 5. The van der Waals surface area contributed by atoms with Gasteiger partial charge in [0.25, 0.3) is 0 Å². The summed E-state index contributed by atoms with van der Waals surface area (Å²) in [5.74, 6) is 1.01. The molecule has 3 nitrogen and oxygen atoms in total. The quantitative estimate of drug-likeness (QED) is 0.865. The molecule has 1 atom stereocenters. The molecule has 0 bridgehead atoms. The van der Waals surface area contributed by atoms with Gasteiger partial charge in [0.15, 0.2) is 0 Å². The molecular formula is C15H24N2O. The zero-order valence-corrected chi connectivity index (χ0v) is 11.5. The number of ether oxygens (including phenoxy) is 1. The molecule has 1 aliphatic rings. The van der Waals surface area contributed by atoms with Crippen molar-refractivity contribution in [1.29, 1.82) is 0 Å².